The highest BCUT2D eigenvalue weighted by molar-refractivity contribution is 5.77. The molecule has 130 valence electrons. The number of rotatable bonds is 6. The van der Waals surface area contributed by atoms with Gasteiger partial charge in [-0.05, 0) is 44.4 Å². The van der Waals surface area contributed by atoms with Gasteiger partial charge in [0.2, 0.25) is 5.91 Å². The number of hydrogen-bond acceptors (Lipinski definition) is 5. The second-order valence-electron chi connectivity index (χ2n) is 6.62. The fourth-order valence-corrected chi connectivity index (χ4v) is 3.24. The summed E-state index contributed by atoms with van der Waals surface area (Å²) in [5, 5.41) is 4.17. The highest BCUT2D eigenvalue weighted by atomic mass is 16.3. The van der Waals surface area contributed by atoms with Crippen molar-refractivity contribution in [2.24, 2.45) is 5.92 Å². The molecule has 1 saturated heterocycles. The largest absolute Gasteiger partial charge is 0.464 e. The summed E-state index contributed by atoms with van der Waals surface area (Å²) in [4.78, 5) is 20.4. The van der Waals surface area contributed by atoms with E-state index in [1.54, 1.807) is 17.6 Å². The molecule has 0 spiro atoms. The molecule has 1 atom stereocenters. The number of hydrogen-bond donors (Lipinski definition) is 0. The van der Waals surface area contributed by atoms with Crippen molar-refractivity contribution in [3.63, 3.8) is 0 Å². The first kappa shape index (κ1) is 16.7. The Labute approximate surface area is 142 Å². The summed E-state index contributed by atoms with van der Waals surface area (Å²) < 4.78 is 7.42. The van der Waals surface area contributed by atoms with Gasteiger partial charge in [-0.15, -0.1) is 0 Å². The number of nitrogens with zero attached hydrogens (tertiary/aromatic N) is 5. The van der Waals surface area contributed by atoms with Crippen LogP contribution < -0.4 is 0 Å². The van der Waals surface area contributed by atoms with Crippen LogP contribution in [0.25, 0.3) is 0 Å². The van der Waals surface area contributed by atoms with Crippen LogP contribution in [0, 0.1) is 12.8 Å². The number of carbonyl (C=O) groups excluding carboxylic acids is 1. The normalized spacial score (nSPS) is 18.7. The third-order valence-electron chi connectivity index (χ3n) is 4.49. The molecule has 0 aliphatic carbocycles. The summed E-state index contributed by atoms with van der Waals surface area (Å²) in [5.74, 6) is 2.35. The van der Waals surface area contributed by atoms with E-state index >= 15 is 0 Å². The van der Waals surface area contributed by atoms with E-state index in [1.807, 2.05) is 30.8 Å². The Kier molecular flexibility index (Phi) is 5.30. The predicted molar refractivity (Wildman–Crippen MR) is 89.1 cm³/mol. The second-order valence-corrected chi connectivity index (χ2v) is 6.62. The van der Waals surface area contributed by atoms with Crippen LogP contribution in [0.15, 0.2) is 29.2 Å². The number of likely N-dealkylation sites (N-methyl/N-ethyl adjacent to an activating group) is 1. The van der Waals surface area contributed by atoms with Crippen LogP contribution in [0.5, 0.6) is 0 Å². The third-order valence-corrected chi connectivity index (χ3v) is 4.49. The lowest BCUT2D eigenvalue weighted by Gasteiger charge is -2.33. The van der Waals surface area contributed by atoms with Gasteiger partial charge in [-0.3, -0.25) is 14.4 Å². The number of carbonyl (C=O) groups is 1. The number of amides is 1. The highest BCUT2D eigenvalue weighted by Crippen LogP contribution is 2.18. The number of aryl methyl sites for hydroxylation is 1. The van der Waals surface area contributed by atoms with Crippen LogP contribution in [0.3, 0.4) is 0 Å². The minimum atomic E-state index is 0.130. The quantitative estimate of drug-likeness (QED) is 0.803. The summed E-state index contributed by atoms with van der Waals surface area (Å²) in [5.41, 5.74) is 0. The van der Waals surface area contributed by atoms with Gasteiger partial charge in [-0.2, -0.15) is 5.10 Å². The molecule has 3 rings (SSSR count). The van der Waals surface area contributed by atoms with Crippen LogP contribution in [0.2, 0.25) is 0 Å². The van der Waals surface area contributed by atoms with E-state index < -0.39 is 0 Å². The first-order valence-electron chi connectivity index (χ1n) is 8.44. The Morgan fingerprint density at radius 2 is 2.33 bits per heavy atom. The molecule has 0 radical (unpaired) electrons. The average molecular weight is 331 g/mol. The molecule has 1 aliphatic rings. The Balaban J connectivity index is 1.48. The molecule has 0 N–H and O–H groups in total. The number of piperidine rings is 1. The van der Waals surface area contributed by atoms with Crippen LogP contribution in [0.1, 0.15) is 24.4 Å². The van der Waals surface area contributed by atoms with Gasteiger partial charge in [0.25, 0.3) is 0 Å². The molecule has 7 nitrogen and oxygen atoms in total. The average Bonchev–Trinajstić information content (AvgIpc) is 3.19. The van der Waals surface area contributed by atoms with E-state index in [9.17, 15) is 4.79 Å². The maximum Gasteiger partial charge on any atom is 0.236 e. The van der Waals surface area contributed by atoms with Gasteiger partial charge < -0.3 is 9.32 Å². The molecule has 0 unspecified atom stereocenters. The van der Waals surface area contributed by atoms with Crippen LogP contribution in [0.4, 0.5) is 0 Å². The molecule has 1 amide bonds. The summed E-state index contributed by atoms with van der Waals surface area (Å²) in [6.45, 7) is 5.67. The van der Waals surface area contributed by atoms with Crippen molar-refractivity contribution in [1.29, 1.82) is 0 Å². The van der Waals surface area contributed by atoms with Crippen LogP contribution in [-0.4, -0.2) is 57.2 Å². The van der Waals surface area contributed by atoms with Gasteiger partial charge in [0.15, 0.2) is 0 Å². The molecule has 1 aliphatic heterocycles. The van der Waals surface area contributed by atoms with E-state index in [0.29, 0.717) is 19.0 Å². The maximum atomic E-state index is 12.5. The predicted octanol–water partition coefficient (Wildman–Crippen LogP) is 1.55. The van der Waals surface area contributed by atoms with E-state index in [2.05, 4.69) is 15.0 Å². The molecule has 0 bridgehead atoms. The lowest BCUT2D eigenvalue weighted by molar-refractivity contribution is -0.132. The number of furan rings is 1. The molecule has 2 aromatic rings. The zero-order chi connectivity index (χ0) is 16.9. The van der Waals surface area contributed by atoms with E-state index in [0.717, 1.165) is 37.6 Å². The Morgan fingerprint density at radius 3 is 3.04 bits per heavy atom. The molecule has 0 saturated carbocycles. The third kappa shape index (κ3) is 4.44. The van der Waals surface area contributed by atoms with Crippen LogP contribution >= 0.6 is 0 Å². The Bertz CT molecular complexity index is 652. The molecule has 24 heavy (non-hydrogen) atoms. The first-order valence-corrected chi connectivity index (χ1v) is 8.44. The van der Waals surface area contributed by atoms with Gasteiger partial charge >= 0.3 is 0 Å². The minimum Gasteiger partial charge on any atom is -0.464 e. The fraction of sp³-hybridized carbons (Fsp3) is 0.588. The van der Waals surface area contributed by atoms with Gasteiger partial charge in [0.05, 0.1) is 13.1 Å². The van der Waals surface area contributed by atoms with E-state index in [1.165, 1.54) is 6.42 Å². The van der Waals surface area contributed by atoms with Crippen molar-refractivity contribution in [3.8, 4) is 0 Å². The molecule has 1 fully saturated rings. The summed E-state index contributed by atoms with van der Waals surface area (Å²) in [6.07, 6.45) is 5.61. The summed E-state index contributed by atoms with van der Waals surface area (Å²) in [7, 11) is 1.83. The molecule has 0 aromatic carbocycles. The zero-order valence-electron chi connectivity index (χ0n) is 14.4. The molecule has 3 heterocycles. The topological polar surface area (TPSA) is 67.4 Å². The number of likely N-dealkylation sites (tertiary alicyclic amines) is 1. The number of aromatic nitrogens is 3. The monoisotopic (exact) mass is 331 g/mol. The fourth-order valence-electron chi connectivity index (χ4n) is 3.24. The van der Waals surface area contributed by atoms with Crippen molar-refractivity contribution in [2.75, 3.05) is 26.7 Å². The Hall–Kier alpha value is -2.15. The molecular formula is C17H25N5O2. The summed E-state index contributed by atoms with van der Waals surface area (Å²) in [6, 6.07) is 3.85. The van der Waals surface area contributed by atoms with Crippen molar-refractivity contribution < 1.29 is 9.21 Å². The lowest BCUT2D eigenvalue weighted by atomic mass is 9.98. The van der Waals surface area contributed by atoms with E-state index in [-0.39, 0.29) is 5.91 Å². The SMILES string of the molecule is Cc1ccc(CN(C)C(=O)CN2CCC[C@H](Cn3cncn3)C2)o1. The van der Waals surface area contributed by atoms with Crippen molar-refractivity contribution >= 4 is 5.91 Å². The Morgan fingerprint density at radius 1 is 1.46 bits per heavy atom. The molecule has 2 aromatic heterocycles. The van der Waals surface area contributed by atoms with Crippen molar-refractivity contribution in [1.82, 2.24) is 24.6 Å². The zero-order valence-corrected chi connectivity index (χ0v) is 14.4. The van der Waals surface area contributed by atoms with Gasteiger partial charge in [-0.1, -0.05) is 0 Å². The summed E-state index contributed by atoms with van der Waals surface area (Å²) >= 11 is 0. The smallest absolute Gasteiger partial charge is 0.236 e. The first-order chi connectivity index (χ1) is 11.6. The van der Waals surface area contributed by atoms with Crippen molar-refractivity contribution in [3.05, 3.63) is 36.3 Å². The van der Waals surface area contributed by atoms with Gasteiger partial charge in [-0.25, -0.2) is 4.98 Å². The maximum absolute atomic E-state index is 12.5. The lowest BCUT2D eigenvalue weighted by Crippen LogP contribution is -2.43. The standard InChI is InChI=1S/C17H25N5O2/c1-14-5-6-16(24-14)10-20(2)17(23)11-21-7-3-4-15(8-21)9-22-13-18-12-19-22/h5-6,12-13,15H,3-4,7-11H2,1-2H3/t15-/m0/s1. The van der Waals surface area contributed by atoms with E-state index in [4.69, 9.17) is 4.42 Å². The van der Waals surface area contributed by atoms with Gasteiger partial charge in [0, 0.05) is 20.1 Å². The minimum absolute atomic E-state index is 0.130. The molecular weight excluding hydrogens is 306 g/mol. The second kappa shape index (κ2) is 7.61. The molecule has 7 heteroatoms. The highest BCUT2D eigenvalue weighted by Gasteiger charge is 2.23. The van der Waals surface area contributed by atoms with Crippen LogP contribution in [-0.2, 0) is 17.9 Å². The van der Waals surface area contributed by atoms with Crippen molar-refractivity contribution in [2.45, 2.75) is 32.9 Å². The van der Waals surface area contributed by atoms with Gasteiger partial charge in [0.1, 0.15) is 24.2 Å².